The van der Waals surface area contributed by atoms with Crippen LogP contribution in [0.5, 0.6) is 11.5 Å². The van der Waals surface area contributed by atoms with Crippen molar-refractivity contribution in [1.82, 2.24) is 60.1 Å². The number of pyridine rings is 4. The first-order chi connectivity index (χ1) is 52.8. The minimum atomic E-state index is -4.36. The van der Waals surface area contributed by atoms with Crippen LogP contribution >= 0.6 is 0 Å². The van der Waals surface area contributed by atoms with Gasteiger partial charge in [-0.05, 0) is 176 Å². The molecule has 7 heterocycles. The summed E-state index contributed by atoms with van der Waals surface area (Å²) in [5.41, 5.74) is 14.1. The molecule has 111 heavy (non-hydrogen) atoms. The molecule has 0 amide bonds. The second-order valence-electron chi connectivity index (χ2n) is 24.4. The second kappa shape index (κ2) is 39.0. The third-order valence-corrected chi connectivity index (χ3v) is 16.8. The number of phenols is 2. The van der Waals surface area contributed by atoms with E-state index in [1.54, 1.807) is 12.1 Å². The minimum absolute atomic E-state index is 0. The summed E-state index contributed by atoms with van der Waals surface area (Å²) < 4.78 is 35.1. The smallest absolute Gasteiger partial charge is 0.571 e. The van der Waals surface area contributed by atoms with Crippen molar-refractivity contribution in [3.63, 3.8) is 0 Å². The van der Waals surface area contributed by atoms with Crippen LogP contribution in [-0.2, 0) is 63.5 Å². The summed E-state index contributed by atoms with van der Waals surface area (Å²) in [6.45, 7) is 5.39. The Balaban J connectivity index is 0.000000138. The standard InChI is InChI=1S/4C15H10N.2C13H11N3O.C5H4F3N2.Cu.2Ir/c4*1-2-7-13(8-3-1)15-14-9-5-4-6-12(14)10-11-16-15;2*1-9-6-7-13(17)12(8-9)16-14-10-4-2-3-5-11(10)15-16;1-3-2-4(10-9-3)5(6,7)8;;;/h4*1-7,9-11H;2*2-8,17H,1H3;2H,1H3;;;/q4*-1;;;-1;+1;;. The molecule has 19 aromatic rings. The third-order valence-electron chi connectivity index (χ3n) is 16.8. The van der Waals surface area contributed by atoms with Gasteiger partial charge in [-0.25, -0.2) is 0 Å². The van der Waals surface area contributed by atoms with E-state index in [0.717, 1.165) is 84.3 Å². The van der Waals surface area contributed by atoms with Crippen molar-refractivity contribution in [2.24, 2.45) is 0 Å². The van der Waals surface area contributed by atoms with Crippen LogP contribution in [0.4, 0.5) is 13.2 Å². The Hall–Kier alpha value is -12.5. The predicted molar refractivity (Wildman–Crippen MR) is 422 cm³/mol. The van der Waals surface area contributed by atoms with Crippen molar-refractivity contribution in [2.75, 3.05) is 0 Å². The van der Waals surface area contributed by atoms with E-state index in [1.807, 2.05) is 281 Å². The van der Waals surface area contributed by atoms with Gasteiger partial charge in [0, 0.05) is 70.7 Å². The van der Waals surface area contributed by atoms with Crippen molar-refractivity contribution in [1.29, 1.82) is 0 Å². The average Bonchev–Trinajstić information content (AvgIpc) is 1.77. The molecule has 0 fully saturated rings. The van der Waals surface area contributed by atoms with E-state index in [1.165, 1.54) is 59.6 Å². The van der Waals surface area contributed by atoms with Crippen molar-refractivity contribution in [2.45, 2.75) is 26.9 Å². The fourth-order valence-electron chi connectivity index (χ4n) is 11.5. The number of rotatable bonds is 6. The Kier molecular flexibility index (Phi) is 28.5. The number of phenolic OH excluding ortho intramolecular Hbond substituents is 2. The molecule has 0 unspecified atom stereocenters. The number of fused-ring (bicyclic) bond motifs is 6. The largest absolute Gasteiger partial charge is 1.00 e. The Bertz CT molecular complexity index is 5510. The molecular formula is C91H66CuF3Ir2N12O2-4. The van der Waals surface area contributed by atoms with Crippen molar-refractivity contribution >= 4 is 65.2 Å². The summed E-state index contributed by atoms with van der Waals surface area (Å²) in [5.74, 6) is 0.354. The van der Waals surface area contributed by atoms with E-state index in [0.29, 0.717) is 11.4 Å². The van der Waals surface area contributed by atoms with Gasteiger partial charge in [0.25, 0.3) is 0 Å². The first-order valence-electron chi connectivity index (χ1n) is 34.3. The predicted octanol–water partition coefficient (Wildman–Crippen LogP) is 21.0. The SMILES string of the molecule is Cc1cc(C(F)(F)F)[n-]n1.Cc1ccc(O)c(-n2nc3ccccc3n2)c1.Cc1ccc(O)c(-n2nc3ccccc3n2)c1.[Cu+].[Ir].[Ir].[c-]1ccccc1-c1nccc2ccccc12.[c-]1ccccc1-c1nccc2ccccc12.[c-]1ccccc1-c1nccc2ccccc12.[c-]1ccccc1-c1nccc2ccccc12. The second-order valence-corrected chi connectivity index (χ2v) is 24.4. The maximum atomic E-state index is 11.7. The van der Waals surface area contributed by atoms with Crippen LogP contribution < -0.4 is 5.10 Å². The van der Waals surface area contributed by atoms with E-state index in [9.17, 15) is 23.4 Å². The summed E-state index contributed by atoms with van der Waals surface area (Å²) >= 11 is 0. The quantitative estimate of drug-likeness (QED) is 0.119. The number of alkyl halides is 3. The summed E-state index contributed by atoms with van der Waals surface area (Å²) in [6, 6.07) is 113. The van der Waals surface area contributed by atoms with Crippen molar-refractivity contribution in [3.8, 4) is 67.9 Å². The van der Waals surface area contributed by atoms with E-state index >= 15 is 0 Å². The molecule has 2 radical (unpaired) electrons. The molecule has 19 rings (SSSR count). The van der Waals surface area contributed by atoms with Gasteiger partial charge in [0.2, 0.25) is 0 Å². The van der Waals surface area contributed by atoms with Gasteiger partial charge in [0.15, 0.2) is 0 Å². The van der Waals surface area contributed by atoms with E-state index in [-0.39, 0.29) is 74.5 Å². The monoisotopic (exact) mass is 1860 g/mol. The summed E-state index contributed by atoms with van der Waals surface area (Å²) in [7, 11) is 0. The molecule has 0 saturated heterocycles. The van der Waals surface area contributed by atoms with Crippen LogP contribution in [0.25, 0.3) is 122 Å². The van der Waals surface area contributed by atoms with Gasteiger partial charge in [0.05, 0.1) is 0 Å². The molecule has 2 N–H and O–H groups in total. The third kappa shape index (κ3) is 20.9. The van der Waals surface area contributed by atoms with Gasteiger partial charge < -0.3 is 40.3 Å². The van der Waals surface area contributed by atoms with Crippen LogP contribution in [0.15, 0.2) is 334 Å². The fourth-order valence-corrected chi connectivity index (χ4v) is 11.5. The zero-order chi connectivity index (χ0) is 74.6. The summed E-state index contributed by atoms with van der Waals surface area (Å²) in [6.07, 6.45) is 3.02. The zero-order valence-electron chi connectivity index (χ0n) is 59.6. The molecule has 0 aliphatic rings. The van der Waals surface area contributed by atoms with Gasteiger partial charge in [-0.1, -0.05) is 140 Å². The molecule has 14 nitrogen and oxygen atoms in total. The molecule has 20 heteroatoms. The van der Waals surface area contributed by atoms with Crippen molar-refractivity contribution in [3.05, 3.63) is 381 Å². The normalized spacial score (nSPS) is 10.5. The molecule has 0 spiro atoms. The van der Waals surface area contributed by atoms with Crippen LogP contribution in [-0.4, -0.2) is 65.2 Å². The van der Waals surface area contributed by atoms with Gasteiger partial charge in [0.1, 0.15) is 44.9 Å². The zero-order valence-corrected chi connectivity index (χ0v) is 65.3. The van der Waals surface area contributed by atoms with Crippen LogP contribution in [0, 0.1) is 45.0 Å². The molecule has 12 aromatic carbocycles. The number of nitrogens with zero attached hydrogens (tertiary/aromatic N) is 12. The van der Waals surface area contributed by atoms with Gasteiger partial charge in [-0.2, -0.15) is 13.2 Å². The fraction of sp³-hybridized carbons (Fsp3) is 0.0440. The van der Waals surface area contributed by atoms with E-state index in [2.05, 4.69) is 123 Å². The van der Waals surface area contributed by atoms with E-state index in [4.69, 9.17) is 0 Å². The van der Waals surface area contributed by atoms with Gasteiger partial charge in [-0.3, -0.25) is 0 Å². The number of hydrogen-bond donors (Lipinski definition) is 2. The molecular weight excluding hydrogens is 1800 g/mol. The van der Waals surface area contributed by atoms with Crippen LogP contribution in [0.1, 0.15) is 22.5 Å². The van der Waals surface area contributed by atoms with Crippen molar-refractivity contribution < 1.29 is 80.7 Å². The Labute approximate surface area is 676 Å². The molecule has 0 atom stereocenters. The van der Waals surface area contributed by atoms with E-state index < -0.39 is 11.9 Å². The summed E-state index contributed by atoms with van der Waals surface area (Å²) in [4.78, 5) is 20.7. The molecule has 556 valence electrons. The molecule has 7 aromatic heterocycles. The Morgan fingerprint density at radius 3 is 0.847 bits per heavy atom. The van der Waals surface area contributed by atoms with Crippen LogP contribution in [0.3, 0.4) is 0 Å². The first-order valence-corrected chi connectivity index (χ1v) is 34.3. The number of benzene rings is 12. The van der Waals surface area contributed by atoms with Gasteiger partial charge >= 0.3 is 23.2 Å². The maximum Gasteiger partial charge on any atom is 1.00 e. The molecule has 0 aliphatic carbocycles. The average molecular weight is 1860 g/mol. The molecule has 0 saturated carbocycles. The first kappa shape index (κ1) is 81.0. The number of aryl methyl sites for hydroxylation is 3. The number of halogens is 3. The number of hydrogen-bond acceptors (Lipinski definition) is 11. The molecule has 0 aliphatic heterocycles. The van der Waals surface area contributed by atoms with Gasteiger partial charge in [-0.15, -0.1) is 174 Å². The Morgan fingerprint density at radius 1 is 0.333 bits per heavy atom. The topological polar surface area (TPSA) is 180 Å². The minimum Gasteiger partial charge on any atom is -0.571 e. The summed E-state index contributed by atoms with van der Waals surface area (Å²) in [5, 5.41) is 52.6. The maximum absolute atomic E-state index is 11.7. The Morgan fingerprint density at radius 2 is 0.604 bits per heavy atom. The number of aromatic hydroxyl groups is 2. The molecule has 0 bridgehead atoms. The van der Waals surface area contributed by atoms with Crippen LogP contribution in [0.2, 0.25) is 0 Å². The number of aromatic nitrogens is 12.